The van der Waals surface area contributed by atoms with Gasteiger partial charge in [-0.25, -0.2) is 4.39 Å². The first-order chi connectivity index (χ1) is 13.6. The van der Waals surface area contributed by atoms with Gasteiger partial charge >= 0.3 is 0 Å². The van der Waals surface area contributed by atoms with Crippen molar-refractivity contribution in [3.8, 4) is 5.75 Å². The molecule has 0 bridgehead atoms. The van der Waals surface area contributed by atoms with Crippen LogP contribution in [0.2, 0.25) is 5.02 Å². The summed E-state index contributed by atoms with van der Waals surface area (Å²) in [7, 11) is 0. The Bertz CT molecular complexity index is 1030. The maximum absolute atomic E-state index is 13.4. The minimum absolute atomic E-state index is 0.178. The number of aromatic nitrogens is 1. The van der Waals surface area contributed by atoms with Crippen molar-refractivity contribution in [2.45, 2.75) is 13.1 Å². The second kappa shape index (κ2) is 7.48. The fourth-order valence-corrected chi connectivity index (χ4v) is 3.43. The summed E-state index contributed by atoms with van der Waals surface area (Å²) < 4.78 is 18.9. The monoisotopic (exact) mass is 397 g/mol. The number of carbonyl (C=O) groups is 1. The normalized spacial score (nSPS) is 15.5. The molecule has 1 amide bonds. The number of halogens is 2. The molecule has 0 saturated carbocycles. The van der Waals surface area contributed by atoms with E-state index < -0.39 is 12.0 Å². The van der Waals surface area contributed by atoms with Crippen LogP contribution in [0.5, 0.6) is 5.75 Å². The van der Waals surface area contributed by atoms with Crippen molar-refractivity contribution in [2.24, 2.45) is 0 Å². The maximum Gasteiger partial charge on any atom is 0.262 e. The van der Waals surface area contributed by atoms with E-state index in [1.165, 1.54) is 12.1 Å². The molecular formula is C21H17ClFN3O2. The first-order valence-corrected chi connectivity index (χ1v) is 9.19. The lowest BCUT2D eigenvalue weighted by atomic mass is 10.2. The average Bonchev–Trinajstić information content (AvgIpc) is 2.97. The van der Waals surface area contributed by atoms with Gasteiger partial charge in [-0.2, -0.15) is 0 Å². The van der Waals surface area contributed by atoms with Crippen LogP contribution in [0, 0.1) is 5.82 Å². The van der Waals surface area contributed by atoms with Gasteiger partial charge in [-0.05, 0) is 61.5 Å². The summed E-state index contributed by atoms with van der Waals surface area (Å²) in [5, 5.41) is 3.45. The van der Waals surface area contributed by atoms with E-state index in [0.29, 0.717) is 29.2 Å². The molecule has 7 heteroatoms. The Morgan fingerprint density at radius 1 is 1.21 bits per heavy atom. The number of hydrogen-bond acceptors (Lipinski definition) is 4. The second-order valence-corrected chi connectivity index (χ2v) is 6.62. The summed E-state index contributed by atoms with van der Waals surface area (Å²) in [6.45, 7) is 2.47. The summed E-state index contributed by atoms with van der Waals surface area (Å²) in [6.07, 6.45) is 1.05. The van der Waals surface area contributed by atoms with Crippen LogP contribution >= 0.6 is 11.6 Å². The molecule has 0 saturated heterocycles. The zero-order chi connectivity index (χ0) is 19.7. The molecule has 0 spiro atoms. The lowest BCUT2D eigenvalue weighted by Gasteiger charge is -2.27. The van der Waals surface area contributed by atoms with Gasteiger partial charge in [-0.1, -0.05) is 11.6 Å². The number of rotatable bonds is 5. The Morgan fingerprint density at radius 3 is 2.71 bits per heavy atom. The molecule has 2 aromatic carbocycles. The number of amides is 1. The van der Waals surface area contributed by atoms with E-state index in [1.807, 2.05) is 31.2 Å². The minimum atomic E-state index is -0.579. The second-order valence-electron chi connectivity index (χ2n) is 6.21. The van der Waals surface area contributed by atoms with E-state index in [-0.39, 0.29) is 10.9 Å². The number of benzene rings is 2. The zero-order valence-corrected chi connectivity index (χ0v) is 15.8. The van der Waals surface area contributed by atoms with Crippen LogP contribution < -0.4 is 15.0 Å². The number of anilines is 2. The van der Waals surface area contributed by atoms with Crippen molar-refractivity contribution in [1.82, 2.24) is 4.98 Å². The number of hydrogen-bond donors (Lipinski definition) is 1. The van der Waals surface area contributed by atoms with Crippen LogP contribution in [0.15, 0.2) is 60.8 Å². The van der Waals surface area contributed by atoms with Crippen LogP contribution in [0.25, 0.3) is 0 Å². The van der Waals surface area contributed by atoms with Gasteiger partial charge in [-0.15, -0.1) is 0 Å². The Labute approximate surface area is 166 Å². The molecule has 142 valence electrons. The highest BCUT2D eigenvalue weighted by Gasteiger charge is 2.39. The lowest BCUT2D eigenvalue weighted by Crippen LogP contribution is -2.32. The largest absolute Gasteiger partial charge is 0.494 e. The molecule has 1 N–H and O–H groups in total. The SMILES string of the molecule is CCOc1ccc(N2C(=O)c3cccnc3[C@H]2Nc2ccc(F)cc2Cl)cc1. The summed E-state index contributed by atoms with van der Waals surface area (Å²) in [4.78, 5) is 19.1. The molecule has 3 aromatic rings. The van der Waals surface area contributed by atoms with E-state index in [0.717, 1.165) is 5.75 Å². The molecule has 1 aliphatic heterocycles. The molecule has 4 rings (SSSR count). The average molecular weight is 398 g/mol. The van der Waals surface area contributed by atoms with Crippen LogP contribution in [0.4, 0.5) is 15.8 Å². The molecular weight excluding hydrogens is 381 g/mol. The van der Waals surface area contributed by atoms with Gasteiger partial charge in [0.2, 0.25) is 0 Å². The number of nitrogens with one attached hydrogen (secondary N) is 1. The van der Waals surface area contributed by atoms with Crippen LogP contribution in [-0.4, -0.2) is 17.5 Å². The smallest absolute Gasteiger partial charge is 0.262 e. The van der Waals surface area contributed by atoms with E-state index in [4.69, 9.17) is 16.3 Å². The van der Waals surface area contributed by atoms with E-state index in [2.05, 4.69) is 10.3 Å². The van der Waals surface area contributed by atoms with Crippen molar-refractivity contribution < 1.29 is 13.9 Å². The number of fused-ring (bicyclic) bond motifs is 1. The van der Waals surface area contributed by atoms with Gasteiger partial charge in [0.05, 0.1) is 28.6 Å². The third-order valence-electron chi connectivity index (χ3n) is 4.45. The van der Waals surface area contributed by atoms with Gasteiger partial charge in [-0.3, -0.25) is 14.7 Å². The zero-order valence-electron chi connectivity index (χ0n) is 15.0. The lowest BCUT2D eigenvalue weighted by molar-refractivity contribution is 0.0993. The molecule has 1 aromatic heterocycles. The molecule has 1 aliphatic rings. The van der Waals surface area contributed by atoms with Crippen molar-refractivity contribution in [3.05, 3.63) is 82.9 Å². The molecule has 2 heterocycles. The quantitative estimate of drug-likeness (QED) is 0.655. The maximum atomic E-state index is 13.4. The first kappa shape index (κ1) is 18.3. The molecule has 5 nitrogen and oxygen atoms in total. The number of nitrogens with zero attached hydrogens (tertiary/aromatic N) is 2. The highest BCUT2D eigenvalue weighted by atomic mass is 35.5. The third-order valence-corrected chi connectivity index (χ3v) is 4.77. The predicted molar refractivity (Wildman–Crippen MR) is 106 cm³/mol. The molecule has 1 atom stereocenters. The first-order valence-electron chi connectivity index (χ1n) is 8.81. The molecule has 0 unspecified atom stereocenters. The topological polar surface area (TPSA) is 54.5 Å². The fraction of sp³-hybridized carbons (Fsp3) is 0.143. The molecule has 0 aliphatic carbocycles. The Balaban J connectivity index is 1.74. The van der Waals surface area contributed by atoms with Crippen LogP contribution in [-0.2, 0) is 0 Å². The highest BCUT2D eigenvalue weighted by molar-refractivity contribution is 6.33. The Kier molecular flexibility index (Phi) is 4.88. The highest BCUT2D eigenvalue weighted by Crippen LogP contribution is 2.38. The predicted octanol–water partition coefficient (Wildman–Crippen LogP) is 5.04. The van der Waals surface area contributed by atoms with Gasteiger partial charge < -0.3 is 10.1 Å². The van der Waals surface area contributed by atoms with E-state index in [1.54, 1.807) is 29.3 Å². The molecule has 28 heavy (non-hydrogen) atoms. The number of pyridine rings is 1. The van der Waals surface area contributed by atoms with Crippen molar-refractivity contribution in [3.63, 3.8) is 0 Å². The van der Waals surface area contributed by atoms with Gasteiger partial charge in [0.25, 0.3) is 5.91 Å². The van der Waals surface area contributed by atoms with Crippen molar-refractivity contribution in [1.29, 1.82) is 0 Å². The summed E-state index contributed by atoms with van der Waals surface area (Å²) >= 11 is 6.18. The third kappa shape index (κ3) is 3.27. The minimum Gasteiger partial charge on any atom is -0.494 e. The van der Waals surface area contributed by atoms with Gasteiger partial charge in [0.15, 0.2) is 6.17 Å². The molecule has 0 fully saturated rings. The van der Waals surface area contributed by atoms with E-state index >= 15 is 0 Å². The summed E-state index contributed by atoms with van der Waals surface area (Å²) in [5.41, 5.74) is 2.28. The Hall–Kier alpha value is -3.12. The molecule has 0 radical (unpaired) electrons. The standard InChI is InChI=1S/C21H17ClFN3O2/c1-2-28-15-8-6-14(7-9-15)26-20(19-16(21(26)27)4-3-11-24-19)25-18-10-5-13(23)12-17(18)22/h3-12,20,25H,2H2,1H3/t20-/m0/s1. The van der Waals surface area contributed by atoms with Crippen LogP contribution in [0.3, 0.4) is 0 Å². The number of ether oxygens (including phenoxy) is 1. The van der Waals surface area contributed by atoms with Gasteiger partial charge in [0.1, 0.15) is 11.6 Å². The summed E-state index contributed by atoms with van der Waals surface area (Å²) in [6, 6.07) is 14.8. The summed E-state index contributed by atoms with van der Waals surface area (Å²) in [5.74, 6) is 0.113. The van der Waals surface area contributed by atoms with E-state index in [9.17, 15) is 9.18 Å². The van der Waals surface area contributed by atoms with Crippen LogP contribution in [0.1, 0.15) is 29.1 Å². The van der Waals surface area contributed by atoms with Crippen molar-refractivity contribution >= 4 is 28.9 Å². The number of carbonyl (C=O) groups excluding carboxylic acids is 1. The van der Waals surface area contributed by atoms with Gasteiger partial charge in [0, 0.05) is 11.9 Å². The Morgan fingerprint density at radius 2 is 2.00 bits per heavy atom. The van der Waals surface area contributed by atoms with Crippen molar-refractivity contribution in [2.75, 3.05) is 16.8 Å². The fourth-order valence-electron chi connectivity index (χ4n) is 3.21.